The van der Waals surface area contributed by atoms with Gasteiger partial charge < -0.3 is 8.54 Å². The molecule has 0 atom stereocenters. The van der Waals surface area contributed by atoms with E-state index in [-0.39, 0.29) is 0 Å². The summed E-state index contributed by atoms with van der Waals surface area (Å²) in [6.45, 7) is 8.70. The number of rotatable bonds is 4. The molecule has 1 aliphatic carbocycles. The van der Waals surface area contributed by atoms with E-state index < -0.39 is 17.6 Å². The summed E-state index contributed by atoms with van der Waals surface area (Å²) in [5, 5.41) is 0. The molecule has 2 nitrogen and oxygen atoms in total. The Labute approximate surface area is 84.6 Å². The zero-order valence-corrected chi connectivity index (χ0v) is 11.2. The second kappa shape index (κ2) is 4.73. The van der Waals surface area contributed by atoms with Gasteiger partial charge >= 0.3 is 8.56 Å². The van der Waals surface area contributed by atoms with Crippen LogP contribution in [-0.4, -0.2) is 23.7 Å². The van der Waals surface area contributed by atoms with Crippen LogP contribution in [0.3, 0.4) is 0 Å². The van der Waals surface area contributed by atoms with E-state index in [4.69, 9.17) is 8.54 Å². The standard InChI is InChI=1S/C9H21O2Si2/c1-12(2)11-13(3,4)10-9-7-5-6-8-9/h9H,5-8H2,1-4H3. The fourth-order valence-corrected chi connectivity index (χ4v) is 7.09. The Morgan fingerprint density at radius 1 is 1.15 bits per heavy atom. The molecule has 1 aliphatic rings. The third-order valence-electron chi connectivity index (χ3n) is 2.20. The highest BCUT2D eigenvalue weighted by Crippen LogP contribution is 2.24. The van der Waals surface area contributed by atoms with Gasteiger partial charge in [-0.05, 0) is 39.0 Å². The van der Waals surface area contributed by atoms with Crippen molar-refractivity contribution in [1.29, 1.82) is 0 Å². The summed E-state index contributed by atoms with van der Waals surface area (Å²) in [6.07, 6.45) is 5.67. The van der Waals surface area contributed by atoms with E-state index in [9.17, 15) is 0 Å². The first-order valence-corrected chi connectivity index (χ1v) is 10.4. The van der Waals surface area contributed by atoms with Gasteiger partial charge in [0, 0.05) is 6.10 Å². The third-order valence-corrected chi connectivity index (χ3v) is 6.70. The average molecular weight is 217 g/mol. The zero-order chi connectivity index (χ0) is 9.90. The van der Waals surface area contributed by atoms with Gasteiger partial charge in [0.15, 0.2) is 9.04 Å². The molecule has 0 N–H and O–H groups in total. The molecule has 0 unspecified atom stereocenters. The summed E-state index contributed by atoms with van der Waals surface area (Å²) in [4.78, 5) is 0. The van der Waals surface area contributed by atoms with E-state index >= 15 is 0 Å². The minimum absolute atomic E-state index is 0.503. The van der Waals surface area contributed by atoms with Crippen LogP contribution in [0.1, 0.15) is 25.7 Å². The molecule has 0 aliphatic heterocycles. The Hall–Kier alpha value is 0.354. The molecule has 77 valence electrons. The molecular formula is C9H21O2Si2. The number of hydrogen-bond acceptors (Lipinski definition) is 2. The first-order valence-electron chi connectivity index (χ1n) is 5.16. The molecule has 1 fully saturated rings. The second-order valence-electron chi connectivity index (χ2n) is 4.43. The second-order valence-corrected chi connectivity index (χ2v) is 10.1. The molecule has 1 radical (unpaired) electrons. The van der Waals surface area contributed by atoms with Crippen molar-refractivity contribution in [2.45, 2.75) is 58.0 Å². The van der Waals surface area contributed by atoms with Crippen molar-refractivity contribution in [2.75, 3.05) is 0 Å². The fraction of sp³-hybridized carbons (Fsp3) is 1.00. The molecule has 0 saturated heterocycles. The van der Waals surface area contributed by atoms with Gasteiger partial charge in [-0.3, -0.25) is 0 Å². The van der Waals surface area contributed by atoms with Gasteiger partial charge in [0.25, 0.3) is 0 Å². The fourth-order valence-electron chi connectivity index (χ4n) is 1.92. The van der Waals surface area contributed by atoms with Gasteiger partial charge in [-0.2, -0.15) is 0 Å². The van der Waals surface area contributed by atoms with Crippen LogP contribution < -0.4 is 0 Å². The molecule has 1 saturated carbocycles. The van der Waals surface area contributed by atoms with Crippen molar-refractivity contribution in [3.8, 4) is 0 Å². The predicted octanol–water partition coefficient (Wildman–Crippen LogP) is 2.92. The van der Waals surface area contributed by atoms with Crippen molar-refractivity contribution in [1.82, 2.24) is 0 Å². The largest absolute Gasteiger partial charge is 0.436 e. The molecule has 0 spiro atoms. The Balaban J connectivity index is 2.31. The molecule has 0 heterocycles. The van der Waals surface area contributed by atoms with E-state index in [1.165, 1.54) is 25.7 Å². The lowest BCUT2D eigenvalue weighted by Gasteiger charge is -2.28. The zero-order valence-electron chi connectivity index (χ0n) is 9.22. The third kappa shape index (κ3) is 4.40. The normalized spacial score (nSPS) is 20.1. The van der Waals surface area contributed by atoms with E-state index in [0.29, 0.717) is 6.10 Å². The van der Waals surface area contributed by atoms with Gasteiger partial charge in [0.2, 0.25) is 0 Å². The monoisotopic (exact) mass is 217 g/mol. The van der Waals surface area contributed by atoms with Crippen LogP contribution in [-0.2, 0) is 8.54 Å². The Morgan fingerprint density at radius 2 is 1.69 bits per heavy atom. The quantitative estimate of drug-likeness (QED) is 0.674. The maximum absolute atomic E-state index is 6.05. The molecule has 1 rings (SSSR count). The van der Waals surface area contributed by atoms with Gasteiger partial charge in [0.05, 0.1) is 0 Å². The van der Waals surface area contributed by atoms with Crippen LogP contribution in [0.5, 0.6) is 0 Å². The van der Waals surface area contributed by atoms with E-state index in [0.717, 1.165) is 0 Å². The Bertz CT molecular complexity index is 154. The van der Waals surface area contributed by atoms with Gasteiger partial charge in [-0.1, -0.05) is 12.8 Å². The molecule has 0 aromatic carbocycles. The van der Waals surface area contributed by atoms with E-state index in [1.54, 1.807) is 0 Å². The summed E-state index contributed by atoms with van der Waals surface area (Å²) in [7, 11) is -2.38. The molecule has 0 aromatic rings. The van der Waals surface area contributed by atoms with Gasteiger partial charge in [-0.15, -0.1) is 0 Å². The summed E-state index contributed by atoms with van der Waals surface area (Å²) < 4.78 is 12.0. The summed E-state index contributed by atoms with van der Waals surface area (Å²) in [5.74, 6) is 0. The summed E-state index contributed by atoms with van der Waals surface area (Å²) in [6, 6.07) is 0. The minimum Gasteiger partial charge on any atom is -0.436 e. The molecule has 0 bridgehead atoms. The first kappa shape index (κ1) is 11.4. The highest BCUT2D eigenvalue weighted by molar-refractivity contribution is 6.72. The van der Waals surface area contributed by atoms with Crippen molar-refractivity contribution < 1.29 is 8.54 Å². The smallest absolute Gasteiger partial charge is 0.321 e. The Morgan fingerprint density at radius 3 is 2.15 bits per heavy atom. The average Bonchev–Trinajstić information content (AvgIpc) is 2.34. The van der Waals surface area contributed by atoms with Crippen molar-refractivity contribution in [2.24, 2.45) is 0 Å². The SMILES string of the molecule is C[Si](C)O[Si](C)(C)OC1CCCC1. The summed E-state index contributed by atoms with van der Waals surface area (Å²) >= 11 is 0. The lowest BCUT2D eigenvalue weighted by atomic mass is 10.3. The minimum atomic E-state index is -1.79. The highest BCUT2D eigenvalue weighted by Gasteiger charge is 2.30. The molecule has 0 amide bonds. The lowest BCUT2D eigenvalue weighted by Crippen LogP contribution is -2.41. The van der Waals surface area contributed by atoms with E-state index in [2.05, 4.69) is 26.2 Å². The van der Waals surface area contributed by atoms with Gasteiger partial charge in [-0.25, -0.2) is 0 Å². The summed E-state index contributed by atoms with van der Waals surface area (Å²) in [5.41, 5.74) is 0. The predicted molar refractivity (Wildman–Crippen MR) is 59.4 cm³/mol. The van der Waals surface area contributed by atoms with Crippen LogP contribution in [0.15, 0.2) is 0 Å². The molecule has 4 heteroatoms. The topological polar surface area (TPSA) is 18.5 Å². The van der Waals surface area contributed by atoms with Crippen molar-refractivity contribution >= 4 is 17.6 Å². The van der Waals surface area contributed by atoms with Crippen LogP contribution in [0.2, 0.25) is 26.2 Å². The van der Waals surface area contributed by atoms with Gasteiger partial charge in [0.1, 0.15) is 0 Å². The van der Waals surface area contributed by atoms with Crippen molar-refractivity contribution in [3.05, 3.63) is 0 Å². The van der Waals surface area contributed by atoms with Crippen molar-refractivity contribution in [3.63, 3.8) is 0 Å². The highest BCUT2D eigenvalue weighted by atomic mass is 28.4. The first-order chi connectivity index (χ1) is 5.99. The number of hydrogen-bond donors (Lipinski definition) is 0. The molecular weight excluding hydrogens is 196 g/mol. The van der Waals surface area contributed by atoms with Crippen LogP contribution in [0, 0.1) is 0 Å². The van der Waals surface area contributed by atoms with E-state index in [1.807, 2.05) is 0 Å². The lowest BCUT2D eigenvalue weighted by molar-refractivity contribution is 0.163. The maximum atomic E-state index is 6.05. The molecule has 13 heavy (non-hydrogen) atoms. The Kier molecular flexibility index (Phi) is 4.16. The van der Waals surface area contributed by atoms with Crippen LogP contribution >= 0.6 is 0 Å². The molecule has 0 aromatic heterocycles. The van der Waals surface area contributed by atoms with Crippen LogP contribution in [0.25, 0.3) is 0 Å². The maximum Gasteiger partial charge on any atom is 0.321 e. The van der Waals surface area contributed by atoms with Crippen LogP contribution in [0.4, 0.5) is 0 Å².